The van der Waals surface area contributed by atoms with Crippen LogP contribution in [0.25, 0.3) is 0 Å². The predicted molar refractivity (Wildman–Crippen MR) is 251 cm³/mol. The Morgan fingerprint density at radius 3 is 1.39 bits per heavy atom. The van der Waals surface area contributed by atoms with Gasteiger partial charge in [-0.15, -0.1) is 22.7 Å². The SMILES string of the molecule is COc1cc(Cc2csc(N3CCN(S(=O)(=O)c4ccccc4Cl)CC3)n2)cc(OC)c1.O=S(=O)(c1ccccc1Cl)N1CCN(c2nc(Cc3ccc(Cl)c(Cl)c3)cs2)CC1. The van der Waals surface area contributed by atoms with Crippen molar-refractivity contribution in [2.24, 2.45) is 0 Å². The topological polar surface area (TPSA) is 125 Å². The van der Waals surface area contributed by atoms with Crippen molar-refractivity contribution < 1.29 is 26.3 Å². The molecular formula is C42H42Cl4N6O6S4. The van der Waals surface area contributed by atoms with Gasteiger partial charge < -0.3 is 19.3 Å². The maximum atomic E-state index is 13.0. The van der Waals surface area contributed by atoms with Gasteiger partial charge in [-0.25, -0.2) is 26.8 Å². The van der Waals surface area contributed by atoms with Gasteiger partial charge in [0.05, 0.1) is 45.7 Å². The Balaban J connectivity index is 0.000000187. The molecule has 2 aliphatic heterocycles. The van der Waals surface area contributed by atoms with Crippen molar-refractivity contribution in [3.05, 3.63) is 138 Å². The van der Waals surface area contributed by atoms with Crippen molar-refractivity contribution in [3.63, 3.8) is 0 Å². The number of benzene rings is 4. The summed E-state index contributed by atoms with van der Waals surface area (Å²) in [6.07, 6.45) is 1.32. The van der Waals surface area contributed by atoms with E-state index in [1.165, 1.54) is 8.61 Å². The third-order valence-electron chi connectivity index (χ3n) is 10.2. The molecule has 2 aliphatic rings. The molecule has 0 radical (unpaired) electrons. The van der Waals surface area contributed by atoms with E-state index in [0.29, 0.717) is 75.2 Å². The van der Waals surface area contributed by atoms with Crippen molar-refractivity contribution in [2.75, 3.05) is 76.4 Å². The zero-order valence-electron chi connectivity index (χ0n) is 33.6. The first-order valence-corrected chi connectivity index (χ1v) is 25.4. The minimum Gasteiger partial charge on any atom is -0.497 e. The largest absolute Gasteiger partial charge is 0.497 e. The number of halogens is 4. The summed E-state index contributed by atoms with van der Waals surface area (Å²) >= 11 is 27.4. The molecule has 4 heterocycles. The molecule has 328 valence electrons. The fourth-order valence-electron chi connectivity index (χ4n) is 6.91. The van der Waals surface area contributed by atoms with Crippen LogP contribution in [-0.4, -0.2) is 102 Å². The van der Waals surface area contributed by atoms with Crippen LogP contribution in [-0.2, 0) is 32.9 Å². The van der Waals surface area contributed by atoms with E-state index in [2.05, 4.69) is 9.80 Å². The summed E-state index contributed by atoms with van der Waals surface area (Å²) in [4.78, 5) is 14.0. The summed E-state index contributed by atoms with van der Waals surface area (Å²) < 4.78 is 65.4. The Morgan fingerprint density at radius 1 is 0.532 bits per heavy atom. The monoisotopic (exact) mass is 994 g/mol. The standard InChI is InChI=1S/C22H24ClN3O4S2.C20H18Cl3N3O2S2/c1-29-18-12-16(13-19(14-18)30-2)11-17-15-31-22(24-17)25-7-9-26(10-8-25)32(27,28)21-6-4-3-5-20(21)23;21-16-6-5-14(12-18(16)23)11-15-13-29-20(24-15)25-7-9-26(10-8-25)30(27,28)19-4-2-1-3-17(19)22/h3-6,12-15H,7-11H2,1-2H3;1-6,12-13H,7-11H2. The lowest BCUT2D eigenvalue weighted by Gasteiger charge is -2.33. The highest BCUT2D eigenvalue weighted by atomic mass is 35.5. The first-order valence-electron chi connectivity index (χ1n) is 19.3. The van der Waals surface area contributed by atoms with E-state index in [0.717, 1.165) is 44.3 Å². The Morgan fingerprint density at radius 2 is 0.968 bits per heavy atom. The van der Waals surface area contributed by atoms with E-state index < -0.39 is 20.0 Å². The van der Waals surface area contributed by atoms with Crippen molar-refractivity contribution >= 4 is 99.4 Å². The van der Waals surface area contributed by atoms with Crippen molar-refractivity contribution in [1.29, 1.82) is 0 Å². The van der Waals surface area contributed by atoms with Gasteiger partial charge in [-0.2, -0.15) is 8.61 Å². The molecule has 62 heavy (non-hydrogen) atoms. The zero-order chi connectivity index (χ0) is 44.0. The number of rotatable bonds is 12. The number of sulfonamides is 2. The molecule has 0 amide bonds. The lowest BCUT2D eigenvalue weighted by molar-refractivity contribution is 0.384. The average molecular weight is 997 g/mol. The van der Waals surface area contributed by atoms with Gasteiger partial charge >= 0.3 is 0 Å². The number of piperazine rings is 2. The summed E-state index contributed by atoms with van der Waals surface area (Å²) in [5, 5.41) is 7.38. The van der Waals surface area contributed by atoms with E-state index in [4.69, 9.17) is 65.8 Å². The third kappa shape index (κ3) is 11.0. The molecule has 12 nitrogen and oxygen atoms in total. The van der Waals surface area contributed by atoms with Crippen molar-refractivity contribution in [1.82, 2.24) is 18.6 Å². The lowest BCUT2D eigenvalue weighted by atomic mass is 10.1. The van der Waals surface area contributed by atoms with Gasteiger partial charge in [0.1, 0.15) is 21.3 Å². The molecule has 0 atom stereocenters. The number of hydrogen-bond donors (Lipinski definition) is 0. The van der Waals surface area contributed by atoms with Crippen molar-refractivity contribution in [2.45, 2.75) is 22.6 Å². The summed E-state index contributed by atoms with van der Waals surface area (Å²) in [7, 11) is -3.96. The Kier molecular flexibility index (Phi) is 15.3. The number of methoxy groups -OCH3 is 2. The molecule has 0 spiro atoms. The van der Waals surface area contributed by atoms with Gasteiger partial charge in [0, 0.05) is 82.0 Å². The zero-order valence-corrected chi connectivity index (χ0v) is 39.9. The first kappa shape index (κ1) is 46.3. The highest BCUT2D eigenvalue weighted by molar-refractivity contribution is 7.89. The van der Waals surface area contributed by atoms with E-state index in [1.807, 2.05) is 41.1 Å². The molecule has 0 unspecified atom stereocenters. The van der Waals surface area contributed by atoms with Gasteiger partial charge in [0.2, 0.25) is 20.0 Å². The number of aromatic nitrogens is 2. The fraction of sp³-hybridized carbons (Fsp3) is 0.286. The van der Waals surface area contributed by atoms with Gasteiger partial charge in [0.15, 0.2) is 10.3 Å². The Bertz CT molecular complexity index is 2700. The predicted octanol–water partition coefficient (Wildman–Crippen LogP) is 9.12. The average Bonchev–Trinajstić information content (AvgIpc) is 3.95. The van der Waals surface area contributed by atoms with E-state index in [9.17, 15) is 16.8 Å². The minimum atomic E-state index is -3.61. The van der Waals surface area contributed by atoms with Crippen LogP contribution in [0.3, 0.4) is 0 Å². The molecule has 4 aromatic carbocycles. The van der Waals surface area contributed by atoms with Gasteiger partial charge in [-0.05, 0) is 59.7 Å². The van der Waals surface area contributed by atoms with Crippen LogP contribution in [0.2, 0.25) is 20.1 Å². The van der Waals surface area contributed by atoms with E-state index in [-0.39, 0.29) is 19.8 Å². The molecule has 6 aromatic rings. The molecular weight excluding hydrogens is 955 g/mol. The molecule has 0 N–H and O–H groups in total. The van der Waals surface area contributed by atoms with Crippen LogP contribution in [0.15, 0.2) is 105 Å². The Labute approximate surface area is 390 Å². The molecule has 8 rings (SSSR count). The van der Waals surface area contributed by atoms with Gasteiger partial charge in [-0.3, -0.25) is 0 Å². The maximum Gasteiger partial charge on any atom is 0.244 e. The second-order valence-corrected chi connectivity index (χ2v) is 21.3. The van der Waals surface area contributed by atoms with Crippen LogP contribution in [0.5, 0.6) is 11.5 Å². The number of ether oxygens (including phenoxy) is 2. The van der Waals surface area contributed by atoms with Gasteiger partial charge in [-0.1, -0.05) is 76.7 Å². The van der Waals surface area contributed by atoms with Gasteiger partial charge in [0.25, 0.3) is 0 Å². The normalized spacial score (nSPS) is 15.3. The minimum absolute atomic E-state index is 0.151. The second kappa shape index (κ2) is 20.4. The highest BCUT2D eigenvalue weighted by Crippen LogP contribution is 2.31. The van der Waals surface area contributed by atoms with Crippen LogP contribution in [0.4, 0.5) is 10.3 Å². The summed E-state index contributed by atoms with van der Waals surface area (Å²) in [5.41, 5.74) is 3.98. The Hall–Kier alpha value is -3.68. The molecule has 2 aromatic heterocycles. The van der Waals surface area contributed by atoms with Crippen LogP contribution >= 0.6 is 69.1 Å². The van der Waals surface area contributed by atoms with Crippen LogP contribution < -0.4 is 19.3 Å². The van der Waals surface area contributed by atoms with Crippen molar-refractivity contribution in [3.8, 4) is 11.5 Å². The fourth-order valence-corrected chi connectivity index (χ4v) is 12.8. The molecule has 0 bridgehead atoms. The summed E-state index contributed by atoms with van der Waals surface area (Å²) in [5.74, 6) is 1.48. The first-order chi connectivity index (χ1) is 29.7. The maximum absolute atomic E-state index is 13.0. The smallest absolute Gasteiger partial charge is 0.244 e. The summed E-state index contributed by atoms with van der Waals surface area (Å²) in [6.45, 7) is 3.83. The molecule has 0 saturated carbocycles. The number of anilines is 2. The number of nitrogens with zero attached hydrogens (tertiary/aromatic N) is 6. The molecule has 0 aliphatic carbocycles. The molecule has 2 saturated heterocycles. The second-order valence-electron chi connectivity index (χ2n) is 14.2. The molecule has 2 fully saturated rings. The highest BCUT2D eigenvalue weighted by Gasteiger charge is 2.32. The third-order valence-corrected chi connectivity index (χ3v) is 17.6. The number of thiazole rings is 2. The quantitative estimate of drug-likeness (QED) is 0.117. The van der Waals surface area contributed by atoms with E-state index >= 15 is 0 Å². The van der Waals surface area contributed by atoms with E-state index in [1.54, 1.807) is 91.5 Å². The summed E-state index contributed by atoms with van der Waals surface area (Å²) in [6, 6.07) is 24.4. The molecule has 20 heteroatoms. The lowest BCUT2D eigenvalue weighted by Crippen LogP contribution is -2.48. The number of hydrogen-bond acceptors (Lipinski definition) is 12. The van der Waals surface area contributed by atoms with Crippen LogP contribution in [0, 0.1) is 0 Å². The van der Waals surface area contributed by atoms with Crippen LogP contribution in [0.1, 0.15) is 22.5 Å².